The van der Waals surface area contributed by atoms with Crippen molar-refractivity contribution < 1.29 is 14.3 Å². The van der Waals surface area contributed by atoms with Crippen LogP contribution in [0.1, 0.15) is 28.8 Å². The van der Waals surface area contributed by atoms with E-state index in [0.29, 0.717) is 11.5 Å². The van der Waals surface area contributed by atoms with Gasteiger partial charge < -0.3 is 25.4 Å². The van der Waals surface area contributed by atoms with Gasteiger partial charge in [-0.3, -0.25) is 9.79 Å². The van der Waals surface area contributed by atoms with E-state index in [1.807, 2.05) is 24.3 Å². The van der Waals surface area contributed by atoms with Gasteiger partial charge in [0.05, 0.1) is 13.2 Å². The van der Waals surface area contributed by atoms with Crippen LogP contribution in [0.25, 0.3) is 0 Å². The van der Waals surface area contributed by atoms with Crippen LogP contribution in [0.15, 0.2) is 29.3 Å². The maximum atomic E-state index is 11.7. The van der Waals surface area contributed by atoms with E-state index >= 15 is 0 Å². The molecule has 1 atom stereocenters. The van der Waals surface area contributed by atoms with Gasteiger partial charge in [0.1, 0.15) is 0 Å². The molecule has 28 heavy (non-hydrogen) atoms. The average molecular weight is 504 g/mol. The molecule has 2 rings (SSSR count). The summed E-state index contributed by atoms with van der Waals surface area (Å²) in [6.45, 7) is 4.80. The molecule has 8 heteroatoms. The van der Waals surface area contributed by atoms with Gasteiger partial charge in [-0.1, -0.05) is 12.1 Å². The Kier molecular flexibility index (Phi) is 12.8. The minimum absolute atomic E-state index is 0. The highest BCUT2D eigenvalue weighted by atomic mass is 127. The first kappa shape index (κ1) is 24.6. The van der Waals surface area contributed by atoms with Crippen molar-refractivity contribution in [3.05, 3.63) is 35.4 Å². The van der Waals surface area contributed by atoms with E-state index in [1.165, 1.54) is 0 Å². The van der Waals surface area contributed by atoms with Gasteiger partial charge in [-0.05, 0) is 37.0 Å². The van der Waals surface area contributed by atoms with Crippen LogP contribution in [0.4, 0.5) is 0 Å². The first-order valence-electron chi connectivity index (χ1n) is 9.64. The first-order chi connectivity index (χ1) is 13.2. The minimum atomic E-state index is -0.0649. The molecule has 0 aliphatic carbocycles. The summed E-state index contributed by atoms with van der Waals surface area (Å²) in [5.41, 5.74) is 1.80. The summed E-state index contributed by atoms with van der Waals surface area (Å²) < 4.78 is 11.0. The van der Waals surface area contributed by atoms with E-state index < -0.39 is 0 Å². The Morgan fingerprint density at radius 2 is 2.14 bits per heavy atom. The maximum Gasteiger partial charge on any atom is 0.251 e. The second-order valence-corrected chi connectivity index (χ2v) is 6.61. The van der Waals surface area contributed by atoms with Crippen molar-refractivity contribution in [2.24, 2.45) is 10.9 Å². The molecule has 1 saturated heterocycles. The van der Waals surface area contributed by atoms with Crippen molar-refractivity contribution in [2.75, 3.05) is 53.6 Å². The Morgan fingerprint density at radius 1 is 1.32 bits per heavy atom. The standard InChI is InChI=1S/C20H32N4O3.HI/c1-21-19(25)18-6-3-5-16(13-18)7-10-24-20(22-2)23-9-4-11-26-14-17-8-12-27-15-17;/h3,5-6,13,17H,4,7-12,14-15H2,1-2H3,(H,21,25)(H2,22,23,24);1H. The van der Waals surface area contributed by atoms with Crippen LogP contribution in [0, 0.1) is 5.92 Å². The Balaban J connectivity index is 0.00000392. The molecule has 158 valence electrons. The van der Waals surface area contributed by atoms with Gasteiger partial charge in [0.25, 0.3) is 5.91 Å². The second kappa shape index (κ2) is 14.6. The molecule has 0 bridgehead atoms. The van der Waals surface area contributed by atoms with Crippen molar-refractivity contribution in [2.45, 2.75) is 19.3 Å². The molecule has 1 unspecified atom stereocenters. The number of hydrogen-bond donors (Lipinski definition) is 3. The quantitative estimate of drug-likeness (QED) is 0.196. The average Bonchev–Trinajstić information content (AvgIpc) is 3.22. The summed E-state index contributed by atoms with van der Waals surface area (Å²) in [7, 11) is 3.40. The van der Waals surface area contributed by atoms with Gasteiger partial charge in [0.15, 0.2) is 5.96 Å². The van der Waals surface area contributed by atoms with E-state index in [4.69, 9.17) is 9.47 Å². The number of aliphatic imine (C=N–C) groups is 1. The van der Waals surface area contributed by atoms with Gasteiger partial charge in [0, 0.05) is 51.9 Å². The monoisotopic (exact) mass is 504 g/mol. The predicted molar refractivity (Wildman–Crippen MR) is 123 cm³/mol. The third-order valence-electron chi connectivity index (χ3n) is 4.48. The van der Waals surface area contributed by atoms with Crippen molar-refractivity contribution >= 4 is 35.8 Å². The molecule has 1 amide bonds. The largest absolute Gasteiger partial charge is 0.381 e. The smallest absolute Gasteiger partial charge is 0.251 e. The van der Waals surface area contributed by atoms with E-state index in [9.17, 15) is 4.79 Å². The third-order valence-corrected chi connectivity index (χ3v) is 4.48. The molecular weight excluding hydrogens is 471 g/mol. The van der Waals surface area contributed by atoms with Gasteiger partial charge >= 0.3 is 0 Å². The maximum absolute atomic E-state index is 11.7. The number of carbonyl (C=O) groups excluding carboxylic acids is 1. The van der Waals surface area contributed by atoms with Crippen LogP contribution in [0.3, 0.4) is 0 Å². The van der Waals surface area contributed by atoms with Gasteiger partial charge in [-0.25, -0.2) is 0 Å². The molecule has 3 N–H and O–H groups in total. The van der Waals surface area contributed by atoms with Crippen LogP contribution in [-0.2, 0) is 15.9 Å². The molecule has 1 aromatic rings. The molecule has 0 saturated carbocycles. The fourth-order valence-electron chi connectivity index (χ4n) is 2.90. The van der Waals surface area contributed by atoms with Crippen LogP contribution in [-0.4, -0.2) is 65.5 Å². The summed E-state index contributed by atoms with van der Waals surface area (Å²) in [5.74, 6) is 1.28. The summed E-state index contributed by atoms with van der Waals surface area (Å²) in [6.07, 6.45) is 2.86. The summed E-state index contributed by atoms with van der Waals surface area (Å²) >= 11 is 0. The fourth-order valence-corrected chi connectivity index (χ4v) is 2.90. The zero-order valence-electron chi connectivity index (χ0n) is 16.8. The zero-order chi connectivity index (χ0) is 19.3. The zero-order valence-corrected chi connectivity index (χ0v) is 19.2. The topological polar surface area (TPSA) is 84.0 Å². The van der Waals surface area contributed by atoms with Gasteiger partial charge in [0.2, 0.25) is 0 Å². The van der Waals surface area contributed by atoms with Crippen molar-refractivity contribution in [1.82, 2.24) is 16.0 Å². The van der Waals surface area contributed by atoms with Gasteiger partial charge in [-0.2, -0.15) is 0 Å². The number of nitrogens with zero attached hydrogens (tertiary/aromatic N) is 1. The lowest BCUT2D eigenvalue weighted by Gasteiger charge is -2.13. The molecule has 1 aliphatic rings. The molecule has 0 aromatic heterocycles. The van der Waals surface area contributed by atoms with Gasteiger partial charge in [-0.15, -0.1) is 24.0 Å². The first-order valence-corrected chi connectivity index (χ1v) is 9.64. The van der Waals surface area contributed by atoms with E-state index in [1.54, 1.807) is 14.1 Å². The third kappa shape index (κ3) is 9.20. The molecule has 0 radical (unpaired) electrons. The fraction of sp³-hybridized carbons (Fsp3) is 0.600. The van der Waals surface area contributed by atoms with E-state index in [2.05, 4.69) is 20.9 Å². The Bertz CT molecular complexity index is 607. The number of rotatable bonds is 10. The molecule has 1 aromatic carbocycles. The Hall–Kier alpha value is -1.39. The molecule has 1 fully saturated rings. The number of ether oxygens (including phenoxy) is 2. The number of carbonyl (C=O) groups is 1. The molecule has 0 spiro atoms. The summed E-state index contributed by atoms with van der Waals surface area (Å²) in [5, 5.41) is 9.24. The predicted octanol–water partition coefficient (Wildman–Crippen LogP) is 1.81. The van der Waals surface area contributed by atoms with Crippen molar-refractivity contribution in [3.8, 4) is 0 Å². The molecular formula is C20H33IN4O3. The van der Waals surface area contributed by atoms with E-state index in [-0.39, 0.29) is 29.9 Å². The van der Waals surface area contributed by atoms with Crippen LogP contribution in [0.2, 0.25) is 0 Å². The lowest BCUT2D eigenvalue weighted by molar-refractivity contribution is 0.0888. The lowest BCUT2D eigenvalue weighted by Crippen LogP contribution is -2.39. The number of halogens is 1. The molecule has 7 nitrogen and oxygen atoms in total. The normalized spacial score (nSPS) is 16.4. The highest BCUT2D eigenvalue weighted by Gasteiger charge is 2.15. The Morgan fingerprint density at radius 3 is 2.86 bits per heavy atom. The van der Waals surface area contributed by atoms with Crippen LogP contribution >= 0.6 is 24.0 Å². The Labute approximate surface area is 185 Å². The van der Waals surface area contributed by atoms with E-state index in [0.717, 1.165) is 70.3 Å². The number of hydrogen-bond acceptors (Lipinski definition) is 4. The number of guanidine groups is 1. The lowest BCUT2D eigenvalue weighted by atomic mass is 10.1. The number of benzene rings is 1. The minimum Gasteiger partial charge on any atom is -0.381 e. The summed E-state index contributed by atoms with van der Waals surface area (Å²) in [6, 6.07) is 7.67. The highest BCUT2D eigenvalue weighted by Crippen LogP contribution is 2.12. The van der Waals surface area contributed by atoms with Crippen molar-refractivity contribution in [1.29, 1.82) is 0 Å². The molecule has 1 aliphatic heterocycles. The molecule has 1 heterocycles. The highest BCUT2D eigenvalue weighted by molar-refractivity contribution is 14.0. The number of nitrogens with one attached hydrogen (secondary N) is 3. The van der Waals surface area contributed by atoms with Crippen LogP contribution < -0.4 is 16.0 Å². The van der Waals surface area contributed by atoms with Crippen LogP contribution in [0.5, 0.6) is 0 Å². The summed E-state index contributed by atoms with van der Waals surface area (Å²) in [4.78, 5) is 15.9. The second-order valence-electron chi connectivity index (χ2n) is 6.61. The number of amides is 1. The SMILES string of the molecule is CN=C(NCCCOCC1CCOC1)NCCc1cccc(C(=O)NC)c1.I. The van der Waals surface area contributed by atoms with Crippen molar-refractivity contribution in [3.63, 3.8) is 0 Å².